The molecule has 4 aromatic rings. The first-order valence-electron chi connectivity index (χ1n) is 10.4. The summed E-state index contributed by atoms with van der Waals surface area (Å²) < 4.78 is 14.2. The monoisotopic (exact) mass is 434 g/mol. The van der Waals surface area contributed by atoms with E-state index in [9.17, 15) is 9.59 Å². The zero-order chi connectivity index (χ0) is 22.2. The Morgan fingerprint density at radius 2 is 2.00 bits per heavy atom. The van der Waals surface area contributed by atoms with Crippen molar-refractivity contribution in [3.05, 3.63) is 52.4 Å². The summed E-state index contributed by atoms with van der Waals surface area (Å²) in [4.78, 5) is 37.2. The lowest BCUT2D eigenvalue weighted by atomic mass is 10.1. The van der Waals surface area contributed by atoms with E-state index in [1.54, 1.807) is 40.7 Å². The van der Waals surface area contributed by atoms with Gasteiger partial charge < -0.3 is 14.5 Å². The van der Waals surface area contributed by atoms with Gasteiger partial charge in [-0.1, -0.05) is 0 Å². The van der Waals surface area contributed by atoms with E-state index in [2.05, 4.69) is 20.3 Å². The molecule has 4 aromatic heterocycles. The maximum atomic E-state index is 12.9. The SMILES string of the molecule is Cc1cc(-c2ccc(C=O)o2)ncc1Nc1ncc2c(n1)n(C1CCOCC1)c(=O)n2C. The number of pyridine rings is 1. The normalized spacial score (nSPS) is 14.7. The van der Waals surface area contributed by atoms with Gasteiger partial charge in [0.05, 0.1) is 18.1 Å². The van der Waals surface area contributed by atoms with Crippen molar-refractivity contribution in [2.24, 2.45) is 7.05 Å². The molecule has 0 saturated carbocycles. The molecule has 164 valence electrons. The van der Waals surface area contributed by atoms with E-state index >= 15 is 0 Å². The first kappa shape index (κ1) is 20.1. The van der Waals surface area contributed by atoms with Crippen molar-refractivity contribution in [1.82, 2.24) is 24.1 Å². The van der Waals surface area contributed by atoms with Crippen LogP contribution in [0, 0.1) is 6.92 Å². The number of fused-ring (bicyclic) bond motifs is 1. The summed E-state index contributed by atoms with van der Waals surface area (Å²) in [7, 11) is 1.73. The molecule has 0 aromatic carbocycles. The number of rotatable bonds is 5. The van der Waals surface area contributed by atoms with Gasteiger partial charge in [-0.2, -0.15) is 4.98 Å². The van der Waals surface area contributed by atoms with Crippen LogP contribution < -0.4 is 11.0 Å². The highest BCUT2D eigenvalue weighted by atomic mass is 16.5. The van der Waals surface area contributed by atoms with Gasteiger partial charge in [0.25, 0.3) is 0 Å². The third kappa shape index (κ3) is 3.48. The Morgan fingerprint density at radius 3 is 2.72 bits per heavy atom. The van der Waals surface area contributed by atoms with Crippen molar-refractivity contribution in [2.45, 2.75) is 25.8 Å². The van der Waals surface area contributed by atoms with Crippen LogP contribution in [-0.2, 0) is 11.8 Å². The molecule has 1 saturated heterocycles. The van der Waals surface area contributed by atoms with Crippen LogP contribution in [0.4, 0.5) is 11.6 Å². The summed E-state index contributed by atoms with van der Waals surface area (Å²) in [6.07, 6.45) is 5.52. The first-order chi connectivity index (χ1) is 15.5. The second-order valence-corrected chi connectivity index (χ2v) is 7.79. The Labute approximate surface area is 182 Å². The molecule has 0 amide bonds. The number of ether oxygens (including phenoxy) is 1. The Balaban J connectivity index is 1.47. The molecule has 0 radical (unpaired) electrons. The van der Waals surface area contributed by atoms with E-state index in [0.717, 1.165) is 24.1 Å². The number of aryl methyl sites for hydroxylation is 2. The van der Waals surface area contributed by atoms with Crippen LogP contribution in [0.3, 0.4) is 0 Å². The topological polar surface area (TPSA) is 117 Å². The molecule has 10 nitrogen and oxygen atoms in total. The fourth-order valence-electron chi connectivity index (χ4n) is 3.96. The maximum Gasteiger partial charge on any atom is 0.330 e. The van der Waals surface area contributed by atoms with Gasteiger partial charge in [-0.25, -0.2) is 9.78 Å². The summed E-state index contributed by atoms with van der Waals surface area (Å²) in [5, 5.41) is 3.20. The predicted molar refractivity (Wildman–Crippen MR) is 117 cm³/mol. The highest BCUT2D eigenvalue weighted by molar-refractivity contribution is 5.74. The van der Waals surface area contributed by atoms with Crippen LogP contribution >= 0.6 is 0 Å². The molecule has 1 aliphatic rings. The number of hydrogen-bond acceptors (Lipinski definition) is 8. The van der Waals surface area contributed by atoms with Crippen LogP contribution in [-0.4, -0.2) is 43.6 Å². The lowest BCUT2D eigenvalue weighted by Gasteiger charge is -2.22. The molecular formula is C22H22N6O4. The fraction of sp³-hybridized carbons (Fsp3) is 0.318. The van der Waals surface area contributed by atoms with Crippen molar-refractivity contribution < 1.29 is 13.9 Å². The van der Waals surface area contributed by atoms with Gasteiger partial charge in [0.15, 0.2) is 23.5 Å². The number of nitrogens with zero attached hydrogens (tertiary/aromatic N) is 5. The predicted octanol–water partition coefficient (Wildman–Crippen LogP) is 3.00. The zero-order valence-electron chi connectivity index (χ0n) is 17.7. The third-order valence-electron chi connectivity index (χ3n) is 5.74. The first-order valence-corrected chi connectivity index (χ1v) is 10.4. The summed E-state index contributed by atoms with van der Waals surface area (Å²) in [5.41, 5.74) is 3.42. The average Bonchev–Trinajstić information content (AvgIpc) is 3.39. The summed E-state index contributed by atoms with van der Waals surface area (Å²) >= 11 is 0. The second-order valence-electron chi connectivity index (χ2n) is 7.79. The van der Waals surface area contributed by atoms with Crippen molar-refractivity contribution in [2.75, 3.05) is 18.5 Å². The Hall–Kier alpha value is -3.79. The highest BCUT2D eigenvalue weighted by Gasteiger charge is 2.23. The molecule has 0 spiro atoms. The Kier molecular flexibility index (Phi) is 5.06. The van der Waals surface area contributed by atoms with E-state index in [4.69, 9.17) is 9.15 Å². The fourth-order valence-corrected chi connectivity index (χ4v) is 3.96. The van der Waals surface area contributed by atoms with Gasteiger partial charge in [-0.15, -0.1) is 0 Å². The molecule has 1 fully saturated rings. The Bertz CT molecular complexity index is 1360. The lowest BCUT2D eigenvalue weighted by molar-refractivity contribution is 0.0695. The van der Waals surface area contributed by atoms with Gasteiger partial charge >= 0.3 is 5.69 Å². The van der Waals surface area contributed by atoms with Gasteiger partial charge in [0, 0.05) is 26.3 Å². The molecular weight excluding hydrogens is 412 g/mol. The van der Waals surface area contributed by atoms with Crippen LogP contribution in [0.5, 0.6) is 0 Å². The molecule has 0 bridgehead atoms. The minimum atomic E-state index is -0.103. The van der Waals surface area contributed by atoms with E-state index in [1.165, 1.54) is 0 Å². The number of imidazole rings is 1. The summed E-state index contributed by atoms with van der Waals surface area (Å²) in [6, 6.07) is 5.22. The maximum absolute atomic E-state index is 12.9. The van der Waals surface area contributed by atoms with Crippen molar-refractivity contribution in [1.29, 1.82) is 0 Å². The minimum absolute atomic E-state index is 0.0509. The van der Waals surface area contributed by atoms with Crippen LogP contribution in [0.2, 0.25) is 0 Å². The number of carbonyl (C=O) groups excluding carboxylic acids is 1. The lowest BCUT2D eigenvalue weighted by Crippen LogP contribution is -2.30. The number of aromatic nitrogens is 5. The van der Waals surface area contributed by atoms with E-state index in [0.29, 0.717) is 48.1 Å². The van der Waals surface area contributed by atoms with Crippen LogP contribution in [0.1, 0.15) is 35.0 Å². The largest absolute Gasteiger partial charge is 0.452 e. The number of carbonyl (C=O) groups is 1. The molecule has 32 heavy (non-hydrogen) atoms. The van der Waals surface area contributed by atoms with Crippen molar-refractivity contribution in [3.63, 3.8) is 0 Å². The van der Waals surface area contributed by atoms with Gasteiger partial charge in [-0.05, 0) is 43.5 Å². The molecule has 5 rings (SSSR count). The minimum Gasteiger partial charge on any atom is -0.452 e. The molecule has 0 atom stereocenters. The van der Waals surface area contributed by atoms with Gasteiger partial charge in [0.1, 0.15) is 11.2 Å². The van der Waals surface area contributed by atoms with Gasteiger partial charge in [-0.3, -0.25) is 18.9 Å². The molecule has 1 aliphatic heterocycles. The van der Waals surface area contributed by atoms with Gasteiger partial charge in [0.2, 0.25) is 5.95 Å². The average molecular weight is 434 g/mol. The van der Waals surface area contributed by atoms with E-state index in [-0.39, 0.29) is 17.5 Å². The Morgan fingerprint density at radius 1 is 1.19 bits per heavy atom. The quantitative estimate of drug-likeness (QED) is 0.477. The van der Waals surface area contributed by atoms with Crippen molar-refractivity contribution >= 4 is 29.1 Å². The number of anilines is 2. The van der Waals surface area contributed by atoms with E-state index in [1.807, 2.05) is 13.0 Å². The molecule has 1 N–H and O–H groups in total. The molecule has 0 aliphatic carbocycles. The third-order valence-corrected chi connectivity index (χ3v) is 5.74. The highest BCUT2D eigenvalue weighted by Crippen LogP contribution is 2.27. The second kappa shape index (κ2) is 8.04. The van der Waals surface area contributed by atoms with Crippen LogP contribution in [0.25, 0.3) is 22.6 Å². The number of furan rings is 1. The summed E-state index contributed by atoms with van der Waals surface area (Å²) in [6.45, 7) is 3.19. The van der Waals surface area contributed by atoms with E-state index < -0.39 is 0 Å². The molecule has 0 unspecified atom stereocenters. The standard InChI is InChI=1S/C22H22N6O4/c1-13-9-16(19-4-3-15(12-29)32-19)23-10-17(13)25-21-24-11-18-20(26-21)28(22(30)27(18)2)14-5-7-31-8-6-14/h3-4,9-12,14H,5-8H2,1-2H3,(H,24,25,26). The number of aldehydes is 1. The zero-order valence-corrected chi connectivity index (χ0v) is 17.7. The van der Waals surface area contributed by atoms with Crippen molar-refractivity contribution in [3.8, 4) is 11.5 Å². The molecule has 5 heterocycles. The number of nitrogens with one attached hydrogen (secondary N) is 1. The summed E-state index contributed by atoms with van der Waals surface area (Å²) in [5.74, 6) is 1.15. The van der Waals surface area contributed by atoms with Crippen LogP contribution in [0.15, 0.2) is 39.8 Å². The smallest absolute Gasteiger partial charge is 0.330 e. The number of hydrogen-bond donors (Lipinski definition) is 1. The molecule has 10 heteroatoms.